The molecule has 3 nitrogen and oxygen atoms in total. The maximum absolute atomic E-state index is 5.52. The van der Waals surface area contributed by atoms with Gasteiger partial charge < -0.3 is 10.6 Å². The summed E-state index contributed by atoms with van der Waals surface area (Å²) < 4.78 is 0. The Morgan fingerprint density at radius 3 is 2.62 bits per heavy atom. The number of nitrogens with two attached hydrogens (primary N) is 1. The minimum Gasteiger partial charge on any atom is -0.330 e. The van der Waals surface area contributed by atoms with E-state index in [1.165, 1.54) is 12.8 Å². The topological polar surface area (TPSA) is 43.4 Å². The molecule has 0 amide bonds. The molecule has 1 aliphatic rings. The van der Waals surface area contributed by atoms with E-state index in [1.54, 1.807) is 0 Å². The summed E-state index contributed by atoms with van der Waals surface area (Å²) in [7, 11) is 0. The fraction of sp³-hybridized carbons (Fsp3) is 1.00. The molecule has 13 heavy (non-hydrogen) atoms. The quantitative estimate of drug-likeness (QED) is 0.673. The third kappa shape index (κ3) is 3.63. The minimum atomic E-state index is 0.772. The highest BCUT2D eigenvalue weighted by Gasteiger charge is 2.19. The Morgan fingerprint density at radius 1 is 1.38 bits per heavy atom. The van der Waals surface area contributed by atoms with Crippen LogP contribution in [0.3, 0.4) is 0 Å². The van der Waals surface area contributed by atoms with Gasteiger partial charge in [-0.05, 0) is 38.9 Å². The van der Waals surface area contributed by atoms with Gasteiger partial charge in [0.2, 0.25) is 0 Å². The highest BCUT2D eigenvalue weighted by atomic mass is 15.2. The van der Waals surface area contributed by atoms with Crippen LogP contribution in [0.1, 0.15) is 26.2 Å². The zero-order valence-electron chi connectivity index (χ0n) is 8.71. The Morgan fingerprint density at radius 2 is 2.08 bits per heavy atom. The first kappa shape index (κ1) is 11.0. The van der Waals surface area contributed by atoms with E-state index in [4.69, 9.17) is 5.73 Å². The first-order valence-electron chi connectivity index (χ1n) is 5.45. The van der Waals surface area contributed by atoms with E-state index in [-0.39, 0.29) is 0 Å². The molecule has 0 aromatic carbocycles. The molecule has 0 aromatic rings. The summed E-state index contributed by atoms with van der Waals surface area (Å²) in [6.07, 6.45) is 3.62. The molecule has 0 saturated carbocycles. The molecule has 0 spiro atoms. The van der Waals surface area contributed by atoms with Crippen molar-refractivity contribution in [1.82, 2.24) is 10.2 Å². The van der Waals surface area contributed by atoms with Gasteiger partial charge in [-0.3, -0.25) is 0 Å². The third-order valence-corrected chi connectivity index (χ3v) is 2.81. The van der Waals surface area contributed by atoms with Gasteiger partial charge >= 0.3 is 0 Å². The number of piperidine rings is 1. The molecule has 1 aliphatic heterocycles. The van der Waals surface area contributed by atoms with Crippen molar-refractivity contribution >= 4 is 0 Å². The largest absolute Gasteiger partial charge is 0.330 e. The van der Waals surface area contributed by atoms with Crippen LogP contribution in [-0.4, -0.2) is 43.7 Å². The standard InChI is InChI=1S/C10H22N3/c1-2-13(9-3-6-11)10-4-7-12-8-5-10/h10H,2-9,11H2,1H3. The van der Waals surface area contributed by atoms with Crippen LogP contribution in [0.25, 0.3) is 0 Å². The van der Waals surface area contributed by atoms with Gasteiger partial charge in [0.25, 0.3) is 0 Å². The molecule has 1 radical (unpaired) electrons. The van der Waals surface area contributed by atoms with Crippen molar-refractivity contribution in [1.29, 1.82) is 0 Å². The first-order valence-corrected chi connectivity index (χ1v) is 5.45. The Hall–Kier alpha value is -0.120. The van der Waals surface area contributed by atoms with Crippen LogP contribution in [0, 0.1) is 0 Å². The maximum Gasteiger partial charge on any atom is 0.0148 e. The van der Waals surface area contributed by atoms with Crippen LogP contribution in [0.5, 0.6) is 0 Å². The zero-order chi connectivity index (χ0) is 9.52. The van der Waals surface area contributed by atoms with E-state index >= 15 is 0 Å². The molecule has 77 valence electrons. The van der Waals surface area contributed by atoms with Crippen molar-refractivity contribution in [2.24, 2.45) is 5.73 Å². The van der Waals surface area contributed by atoms with Crippen molar-refractivity contribution in [2.45, 2.75) is 32.2 Å². The van der Waals surface area contributed by atoms with Crippen LogP contribution in [0.2, 0.25) is 0 Å². The molecule has 1 fully saturated rings. The van der Waals surface area contributed by atoms with E-state index in [2.05, 4.69) is 17.1 Å². The lowest BCUT2D eigenvalue weighted by atomic mass is 10.0. The molecule has 0 aliphatic carbocycles. The molecule has 1 saturated heterocycles. The molecular weight excluding hydrogens is 162 g/mol. The summed E-state index contributed by atoms with van der Waals surface area (Å²) in [6.45, 7) is 7.49. The Bertz CT molecular complexity index is 121. The van der Waals surface area contributed by atoms with E-state index in [0.717, 1.165) is 45.2 Å². The van der Waals surface area contributed by atoms with Crippen molar-refractivity contribution in [3.05, 3.63) is 0 Å². The summed E-state index contributed by atoms with van der Waals surface area (Å²) >= 11 is 0. The fourth-order valence-electron chi connectivity index (χ4n) is 2.00. The molecule has 0 atom stereocenters. The first-order chi connectivity index (χ1) is 6.38. The number of nitrogens with zero attached hydrogens (tertiary/aromatic N) is 2. The lowest BCUT2D eigenvalue weighted by Gasteiger charge is -2.33. The van der Waals surface area contributed by atoms with E-state index < -0.39 is 0 Å². The van der Waals surface area contributed by atoms with Crippen molar-refractivity contribution in [3.63, 3.8) is 0 Å². The van der Waals surface area contributed by atoms with Crippen molar-refractivity contribution in [3.8, 4) is 0 Å². The van der Waals surface area contributed by atoms with Crippen LogP contribution in [0.4, 0.5) is 0 Å². The lowest BCUT2D eigenvalue weighted by Crippen LogP contribution is -2.42. The summed E-state index contributed by atoms with van der Waals surface area (Å²) in [5.74, 6) is 0. The van der Waals surface area contributed by atoms with Crippen molar-refractivity contribution in [2.75, 3.05) is 32.7 Å². The van der Waals surface area contributed by atoms with E-state index in [9.17, 15) is 0 Å². The monoisotopic (exact) mass is 184 g/mol. The molecule has 2 N–H and O–H groups in total. The van der Waals surface area contributed by atoms with Gasteiger partial charge in [0.05, 0.1) is 0 Å². The average Bonchev–Trinajstić information content (AvgIpc) is 2.21. The number of rotatable bonds is 5. The molecule has 0 aromatic heterocycles. The van der Waals surface area contributed by atoms with Gasteiger partial charge in [-0.25, -0.2) is 5.32 Å². The van der Waals surface area contributed by atoms with E-state index in [0.29, 0.717) is 0 Å². The van der Waals surface area contributed by atoms with Crippen LogP contribution >= 0.6 is 0 Å². The Kier molecular flexibility index (Phi) is 5.35. The Balaban J connectivity index is 2.26. The highest BCUT2D eigenvalue weighted by Crippen LogP contribution is 2.12. The van der Waals surface area contributed by atoms with Gasteiger partial charge in [0, 0.05) is 19.1 Å². The van der Waals surface area contributed by atoms with Gasteiger partial charge in [-0.15, -0.1) is 0 Å². The second-order valence-corrected chi connectivity index (χ2v) is 3.67. The molecule has 0 bridgehead atoms. The van der Waals surface area contributed by atoms with Gasteiger partial charge in [0.15, 0.2) is 0 Å². The Labute approximate surface area is 81.7 Å². The lowest BCUT2D eigenvalue weighted by molar-refractivity contribution is 0.168. The summed E-state index contributed by atoms with van der Waals surface area (Å²) in [6, 6.07) is 0.772. The summed E-state index contributed by atoms with van der Waals surface area (Å²) in [4.78, 5) is 2.56. The predicted molar refractivity (Wildman–Crippen MR) is 55.8 cm³/mol. The zero-order valence-corrected chi connectivity index (χ0v) is 8.71. The van der Waals surface area contributed by atoms with Gasteiger partial charge in [-0.2, -0.15) is 0 Å². The number of hydrogen-bond acceptors (Lipinski definition) is 2. The summed E-state index contributed by atoms with van der Waals surface area (Å²) in [5, 5.41) is 4.37. The smallest absolute Gasteiger partial charge is 0.0148 e. The van der Waals surface area contributed by atoms with Crippen molar-refractivity contribution < 1.29 is 0 Å². The maximum atomic E-state index is 5.52. The molecule has 0 unspecified atom stereocenters. The van der Waals surface area contributed by atoms with Crippen LogP contribution in [0.15, 0.2) is 0 Å². The fourth-order valence-corrected chi connectivity index (χ4v) is 2.00. The minimum absolute atomic E-state index is 0.772. The average molecular weight is 184 g/mol. The summed E-state index contributed by atoms with van der Waals surface area (Å²) in [5.41, 5.74) is 5.52. The normalized spacial score (nSPS) is 19.6. The van der Waals surface area contributed by atoms with Gasteiger partial charge in [-0.1, -0.05) is 6.92 Å². The second-order valence-electron chi connectivity index (χ2n) is 3.67. The van der Waals surface area contributed by atoms with Crippen LogP contribution in [-0.2, 0) is 0 Å². The molecular formula is C10H22N3. The molecule has 3 heteroatoms. The molecule has 1 rings (SSSR count). The van der Waals surface area contributed by atoms with E-state index in [1.807, 2.05) is 0 Å². The van der Waals surface area contributed by atoms with Gasteiger partial charge in [0.1, 0.15) is 0 Å². The predicted octanol–water partition coefficient (Wildman–Crippen LogP) is 0.424. The van der Waals surface area contributed by atoms with Crippen LogP contribution < -0.4 is 11.1 Å². The SMILES string of the molecule is CCN(CCCN)C1CC[N]CC1. The highest BCUT2D eigenvalue weighted by molar-refractivity contribution is 4.76. The second kappa shape index (κ2) is 6.35. The number of hydrogen-bond donors (Lipinski definition) is 1. The third-order valence-electron chi connectivity index (χ3n) is 2.81. The molecule has 1 heterocycles.